The molecule has 0 aliphatic carbocycles. The van der Waals surface area contributed by atoms with Gasteiger partial charge in [-0.3, -0.25) is 4.79 Å². The molecule has 2 N–H and O–H groups in total. The van der Waals surface area contributed by atoms with Crippen molar-refractivity contribution in [3.05, 3.63) is 29.3 Å². The number of hydrogen-bond donors (Lipinski definition) is 1. The minimum atomic E-state index is -0.0940. The zero-order valence-corrected chi connectivity index (χ0v) is 12.5. The van der Waals surface area contributed by atoms with E-state index in [1.54, 1.807) is 5.01 Å². The van der Waals surface area contributed by atoms with Gasteiger partial charge >= 0.3 is 0 Å². The van der Waals surface area contributed by atoms with Gasteiger partial charge in [0.25, 0.3) is 5.91 Å². The maximum atomic E-state index is 12.6. The van der Waals surface area contributed by atoms with Gasteiger partial charge < -0.3 is 5.73 Å². The number of rotatable bonds is 5. The first-order valence-electron chi connectivity index (χ1n) is 7.27. The van der Waals surface area contributed by atoms with Gasteiger partial charge in [-0.2, -0.15) is 10.1 Å². The molecule has 1 aliphatic rings. The van der Waals surface area contributed by atoms with Crippen LogP contribution in [0.25, 0.3) is 0 Å². The van der Waals surface area contributed by atoms with E-state index in [0.29, 0.717) is 6.54 Å². The highest BCUT2D eigenvalue weighted by Crippen LogP contribution is 2.30. The first-order chi connectivity index (χ1) is 9.58. The first kappa shape index (κ1) is 14.7. The van der Waals surface area contributed by atoms with Gasteiger partial charge in [-0.05, 0) is 56.8 Å². The molecule has 1 atom stereocenters. The third kappa shape index (κ3) is 2.75. The highest BCUT2D eigenvalue weighted by atomic mass is 16.2. The van der Waals surface area contributed by atoms with E-state index in [1.807, 2.05) is 32.9 Å². The zero-order chi connectivity index (χ0) is 14.7. The van der Waals surface area contributed by atoms with Gasteiger partial charge in [0.2, 0.25) is 0 Å². The Morgan fingerprint density at radius 2 is 2.10 bits per heavy atom. The summed E-state index contributed by atoms with van der Waals surface area (Å²) in [6.07, 6.45) is 2.46. The monoisotopic (exact) mass is 273 g/mol. The van der Waals surface area contributed by atoms with E-state index in [0.717, 1.165) is 41.8 Å². The summed E-state index contributed by atoms with van der Waals surface area (Å²) < 4.78 is 0. The predicted molar refractivity (Wildman–Crippen MR) is 82.9 cm³/mol. The Kier molecular flexibility index (Phi) is 4.55. The van der Waals surface area contributed by atoms with Crippen LogP contribution in [-0.4, -0.2) is 18.2 Å². The van der Waals surface area contributed by atoms with Gasteiger partial charge in [-0.15, -0.1) is 0 Å². The lowest BCUT2D eigenvalue weighted by Crippen LogP contribution is -2.28. The number of nitrogens with zero attached hydrogens (tertiary/aromatic N) is 2. The summed E-state index contributed by atoms with van der Waals surface area (Å²) in [5, 5.41) is 6.14. The Morgan fingerprint density at radius 3 is 2.75 bits per heavy atom. The molecule has 0 saturated carbocycles. The van der Waals surface area contributed by atoms with Crippen LogP contribution in [0.15, 0.2) is 23.3 Å². The maximum absolute atomic E-state index is 12.6. The molecule has 0 radical (unpaired) electrons. The van der Waals surface area contributed by atoms with Crippen molar-refractivity contribution >= 4 is 17.3 Å². The van der Waals surface area contributed by atoms with E-state index < -0.39 is 0 Å². The second-order valence-corrected chi connectivity index (χ2v) is 5.37. The minimum Gasteiger partial charge on any atom is -0.330 e. The smallest absolute Gasteiger partial charge is 0.256 e. The molecule has 0 spiro atoms. The lowest BCUT2D eigenvalue weighted by Gasteiger charge is -2.17. The topological polar surface area (TPSA) is 58.7 Å². The van der Waals surface area contributed by atoms with E-state index >= 15 is 0 Å². The lowest BCUT2D eigenvalue weighted by molar-refractivity contribution is -0.119. The van der Waals surface area contributed by atoms with Crippen molar-refractivity contribution in [1.29, 1.82) is 0 Å². The summed E-state index contributed by atoms with van der Waals surface area (Å²) in [5.74, 6) is -0.00698. The number of anilines is 1. The number of aryl methyl sites for hydroxylation is 2. The Labute approximate surface area is 120 Å². The molecule has 108 valence electrons. The van der Waals surface area contributed by atoms with E-state index in [-0.39, 0.29) is 11.8 Å². The standard InChI is InChI=1S/C16H23N3O/c1-4-14-13(6-5-9-17)16(20)19(18-14)15-10-11(2)7-8-12(15)3/h7-8,10,13H,4-6,9,17H2,1-3H3. The second kappa shape index (κ2) is 6.18. The van der Waals surface area contributed by atoms with E-state index in [4.69, 9.17) is 5.73 Å². The largest absolute Gasteiger partial charge is 0.330 e. The van der Waals surface area contributed by atoms with Crippen molar-refractivity contribution in [3.8, 4) is 0 Å². The van der Waals surface area contributed by atoms with Crippen molar-refractivity contribution in [3.63, 3.8) is 0 Å². The summed E-state index contributed by atoms with van der Waals surface area (Å²) in [4.78, 5) is 12.6. The van der Waals surface area contributed by atoms with Gasteiger partial charge in [-0.25, -0.2) is 0 Å². The number of hydrogen-bond acceptors (Lipinski definition) is 3. The molecular weight excluding hydrogens is 250 g/mol. The Hall–Kier alpha value is -1.68. The zero-order valence-electron chi connectivity index (χ0n) is 12.5. The highest BCUT2D eigenvalue weighted by molar-refractivity contribution is 6.15. The van der Waals surface area contributed by atoms with Crippen LogP contribution in [0.2, 0.25) is 0 Å². The van der Waals surface area contributed by atoms with Crippen LogP contribution in [0.3, 0.4) is 0 Å². The molecule has 0 saturated heterocycles. The summed E-state index contributed by atoms with van der Waals surface area (Å²) in [6, 6.07) is 6.11. The van der Waals surface area contributed by atoms with Crippen molar-refractivity contribution in [1.82, 2.24) is 0 Å². The minimum absolute atomic E-state index is 0.0870. The first-order valence-corrected chi connectivity index (χ1v) is 7.27. The summed E-state index contributed by atoms with van der Waals surface area (Å²) in [6.45, 7) is 6.70. The molecule has 1 aromatic rings. The molecule has 1 aromatic carbocycles. The molecule has 2 rings (SSSR count). The number of nitrogens with two attached hydrogens (primary N) is 1. The molecule has 1 aliphatic heterocycles. The normalized spacial score (nSPS) is 18.6. The summed E-state index contributed by atoms with van der Waals surface area (Å²) in [7, 11) is 0. The molecule has 1 heterocycles. The third-order valence-electron chi connectivity index (χ3n) is 3.79. The van der Waals surface area contributed by atoms with Crippen molar-refractivity contribution < 1.29 is 4.79 Å². The van der Waals surface area contributed by atoms with Gasteiger partial charge in [0.05, 0.1) is 17.3 Å². The summed E-state index contributed by atoms with van der Waals surface area (Å²) in [5.41, 5.74) is 9.65. The molecule has 0 fully saturated rings. The van der Waals surface area contributed by atoms with Gasteiger partial charge in [0, 0.05) is 0 Å². The fourth-order valence-electron chi connectivity index (χ4n) is 2.59. The fraction of sp³-hybridized carbons (Fsp3) is 0.500. The summed E-state index contributed by atoms with van der Waals surface area (Å²) >= 11 is 0. The Balaban J connectivity index is 2.31. The van der Waals surface area contributed by atoms with Crippen LogP contribution in [0, 0.1) is 19.8 Å². The predicted octanol–water partition coefficient (Wildman–Crippen LogP) is 2.77. The average Bonchev–Trinajstić information content (AvgIpc) is 2.75. The molecule has 1 amide bonds. The van der Waals surface area contributed by atoms with Crippen LogP contribution in [0.5, 0.6) is 0 Å². The van der Waals surface area contributed by atoms with Crippen LogP contribution in [0.4, 0.5) is 5.69 Å². The molecule has 4 nitrogen and oxygen atoms in total. The number of benzene rings is 1. The number of carbonyl (C=O) groups excluding carboxylic acids is 1. The van der Waals surface area contributed by atoms with Crippen LogP contribution in [0.1, 0.15) is 37.3 Å². The third-order valence-corrected chi connectivity index (χ3v) is 3.79. The molecule has 4 heteroatoms. The fourth-order valence-corrected chi connectivity index (χ4v) is 2.59. The van der Waals surface area contributed by atoms with Crippen LogP contribution < -0.4 is 10.7 Å². The quantitative estimate of drug-likeness (QED) is 0.896. The van der Waals surface area contributed by atoms with Crippen molar-refractivity contribution in [2.45, 2.75) is 40.0 Å². The second-order valence-electron chi connectivity index (χ2n) is 5.37. The van der Waals surface area contributed by atoms with Crippen LogP contribution in [-0.2, 0) is 4.79 Å². The van der Waals surface area contributed by atoms with Crippen molar-refractivity contribution in [2.24, 2.45) is 16.8 Å². The van der Waals surface area contributed by atoms with Gasteiger partial charge in [0.15, 0.2) is 0 Å². The molecular formula is C16H23N3O. The number of amides is 1. The molecule has 0 bridgehead atoms. The van der Waals surface area contributed by atoms with Crippen LogP contribution >= 0.6 is 0 Å². The van der Waals surface area contributed by atoms with Gasteiger partial charge in [0.1, 0.15) is 0 Å². The van der Waals surface area contributed by atoms with Crippen molar-refractivity contribution in [2.75, 3.05) is 11.6 Å². The average molecular weight is 273 g/mol. The molecule has 20 heavy (non-hydrogen) atoms. The van der Waals surface area contributed by atoms with E-state index in [2.05, 4.69) is 11.2 Å². The molecule has 0 aromatic heterocycles. The maximum Gasteiger partial charge on any atom is 0.256 e. The lowest BCUT2D eigenvalue weighted by atomic mass is 9.95. The number of hydrazone groups is 1. The number of carbonyl (C=O) groups is 1. The Morgan fingerprint density at radius 1 is 1.35 bits per heavy atom. The van der Waals surface area contributed by atoms with E-state index in [1.165, 1.54) is 0 Å². The molecule has 1 unspecified atom stereocenters. The Bertz CT molecular complexity index is 537. The van der Waals surface area contributed by atoms with E-state index in [9.17, 15) is 4.79 Å². The van der Waals surface area contributed by atoms with Gasteiger partial charge in [-0.1, -0.05) is 19.1 Å². The highest BCUT2D eigenvalue weighted by Gasteiger charge is 2.35. The SMILES string of the molecule is CCC1=NN(c2cc(C)ccc2C)C(=O)C1CCCN.